The number of hydrogen-bond acceptors (Lipinski definition) is 2. The molecule has 1 aromatic carbocycles. The minimum absolute atomic E-state index is 0.336. The maximum atomic E-state index is 12.8. The van der Waals surface area contributed by atoms with Gasteiger partial charge >= 0.3 is 6.18 Å². The highest BCUT2D eigenvalue weighted by Crippen LogP contribution is 2.17. The van der Waals surface area contributed by atoms with Crippen LogP contribution in [0.15, 0.2) is 24.3 Å². The van der Waals surface area contributed by atoms with Crippen molar-refractivity contribution in [1.82, 2.24) is 9.80 Å². The normalized spacial score (nSPS) is 11.2. The van der Waals surface area contributed by atoms with Crippen LogP contribution in [0.3, 0.4) is 0 Å². The summed E-state index contributed by atoms with van der Waals surface area (Å²) >= 11 is 0. The number of carbonyl (C=O) groups excluding carboxylic acids is 2. The van der Waals surface area contributed by atoms with Crippen molar-refractivity contribution in [3.63, 3.8) is 0 Å². The second-order valence-electron chi connectivity index (χ2n) is 4.96. The first kappa shape index (κ1) is 17.9. The third-order valence-electron chi connectivity index (χ3n) is 2.82. The highest BCUT2D eigenvalue weighted by atomic mass is 19.4. The molecule has 0 aliphatic rings. The molecule has 122 valence electrons. The fraction of sp³-hybridized carbons (Fsp3) is 0.429. The first-order valence-electron chi connectivity index (χ1n) is 6.37. The molecule has 0 unspecified atom stereocenters. The Morgan fingerprint density at radius 1 is 1.05 bits per heavy atom. The van der Waals surface area contributed by atoms with Crippen LogP contribution in [0, 0.1) is 5.82 Å². The molecule has 0 aliphatic heterocycles. The number of nitrogens with zero attached hydrogens (tertiary/aromatic N) is 2. The largest absolute Gasteiger partial charge is 0.406 e. The Morgan fingerprint density at radius 2 is 1.59 bits per heavy atom. The monoisotopic (exact) mass is 320 g/mol. The van der Waals surface area contributed by atoms with Crippen LogP contribution in [0.25, 0.3) is 0 Å². The Hall–Kier alpha value is -2.12. The summed E-state index contributed by atoms with van der Waals surface area (Å²) < 4.78 is 50.4. The van der Waals surface area contributed by atoms with Crippen molar-refractivity contribution >= 4 is 11.8 Å². The van der Waals surface area contributed by atoms with Gasteiger partial charge in [-0.25, -0.2) is 4.39 Å². The van der Waals surface area contributed by atoms with Gasteiger partial charge in [-0.3, -0.25) is 9.59 Å². The molecule has 0 aliphatic carbocycles. The smallest absolute Gasteiger partial charge is 0.347 e. The van der Waals surface area contributed by atoms with Crippen LogP contribution in [0.1, 0.15) is 5.56 Å². The number of rotatable bonds is 5. The summed E-state index contributed by atoms with van der Waals surface area (Å²) in [6.45, 7) is -2.17. The lowest BCUT2D eigenvalue weighted by atomic mass is 10.1. The Labute approximate surface area is 125 Å². The van der Waals surface area contributed by atoms with Crippen molar-refractivity contribution in [2.45, 2.75) is 12.6 Å². The summed E-state index contributed by atoms with van der Waals surface area (Å²) in [6, 6.07) is 4.85. The van der Waals surface area contributed by atoms with Gasteiger partial charge in [0.05, 0.1) is 6.42 Å². The topological polar surface area (TPSA) is 40.6 Å². The Kier molecular flexibility index (Phi) is 5.90. The van der Waals surface area contributed by atoms with E-state index in [1.165, 1.54) is 26.2 Å². The molecule has 0 saturated heterocycles. The van der Waals surface area contributed by atoms with Crippen LogP contribution < -0.4 is 0 Å². The van der Waals surface area contributed by atoms with Crippen molar-refractivity contribution < 1.29 is 27.2 Å². The zero-order valence-electron chi connectivity index (χ0n) is 12.2. The molecule has 0 aromatic heterocycles. The van der Waals surface area contributed by atoms with E-state index in [0.29, 0.717) is 10.5 Å². The van der Waals surface area contributed by atoms with Crippen LogP contribution in [0.2, 0.25) is 0 Å². The molecule has 0 heterocycles. The van der Waals surface area contributed by atoms with E-state index in [9.17, 15) is 27.2 Å². The van der Waals surface area contributed by atoms with Gasteiger partial charge in [0.2, 0.25) is 11.8 Å². The van der Waals surface area contributed by atoms with E-state index in [4.69, 9.17) is 0 Å². The molecule has 0 atom stereocenters. The van der Waals surface area contributed by atoms with Crippen molar-refractivity contribution in [1.29, 1.82) is 0 Å². The van der Waals surface area contributed by atoms with Crippen molar-refractivity contribution in [2.24, 2.45) is 0 Å². The Morgan fingerprint density at radius 3 is 2.05 bits per heavy atom. The van der Waals surface area contributed by atoms with Crippen molar-refractivity contribution in [3.8, 4) is 0 Å². The summed E-state index contributed by atoms with van der Waals surface area (Å²) in [5.41, 5.74) is 0.371. The lowest BCUT2D eigenvalue weighted by molar-refractivity contribution is -0.163. The molecule has 1 aromatic rings. The average Bonchev–Trinajstić information content (AvgIpc) is 2.38. The molecular weight excluding hydrogens is 304 g/mol. The molecule has 0 radical (unpaired) electrons. The van der Waals surface area contributed by atoms with E-state index < -0.39 is 36.9 Å². The summed E-state index contributed by atoms with van der Waals surface area (Å²) in [7, 11) is 2.77. The summed E-state index contributed by atoms with van der Waals surface area (Å²) in [6.07, 6.45) is -4.94. The van der Waals surface area contributed by atoms with Gasteiger partial charge in [-0.15, -0.1) is 0 Å². The summed E-state index contributed by atoms with van der Waals surface area (Å²) in [5, 5.41) is 0. The lowest BCUT2D eigenvalue weighted by Crippen LogP contribution is -2.45. The van der Waals surface area contributed by atoms with Crippen LogP contribution >= 0.6 is 0 Å². The first-order valence-corrected chi connectivity index (χ1v) is 6.37. The fourth-order valence-electron chi connectivity index (χ4n) is 1.64. The van der Waals surface area contributed by atoms with Crippen molar-refractivity contribution in [2.75, 3.05) is 27.2 Å². The Bertz CT molecular complexity index is 527. The number of halogens is 4. The molecule has 0 saturated carbocycles. The number of amides is 2. The lowest BCUT2D eigenvalue weighted by Gasteiger charge is -2.25. The molecule has 0 bridgehead atoms. The molecule has 22 heavy (non-hydrogen) atoms. The summed E-state index contributed by atoms with van der Waals surface area (Å²) in [5.74, 6) is -1.97. The van der Waals surface area contributed by atoms with E-state index in [2.05, 4.69) is 0 Å². The second-order valence-corrected chi connectivity index (χ2v) is 4.96. The van der Waals surface area contributed by atoms with Gasteiger partial charge in [0.25, 0.3) is 0 Å². The van der Waals surface area contributed by atoms with Crippen LogP contribution in [0.5, 0.6) is 0 Å². The van der Waals surface area contributed by atoms with E-state index in [1.54, 1.807) is 0 Å². The van der Waals surface area contributed by atoms with E-state index in [0.717, 1.165) is 17.0 Å². The highest BCUT2D eigenvalue weighted by Gasteiger charge is 2.34. The molecular formula is C14H16F4N2O2. The number of hydrogen-bond donors (Lipinski definition) is 0. The van der Waals surface area contributed by atoms with Gasteiger partial charge in [-0.05, 0) is 17.7 Å². The quantitative estimate of drug-likeness (QED) is 0.777. The predicted octanol–water partition coefficient (Wildman–Crippen LogP) is 1.85. The van der Waals surface area contributed by atoms with Gasteiger partial charge in [-0.2, -0.15) is 13.2 Å². The van der Waals surface area contributed by atoms with Gasteiger partial charge in [0.15, 0.2) is 0 Å². The minimum atomic E-state index is -4.61. The second kappa shape index (κ2) is 7.24. The standard InChI is InChI=1S/C14H16F4N2O2/c1-19(2)13(22)8-20(9-14(16,17)18)12(21)7-10-3-5-11(15)6-4-10/h3-6H,7-9H2,1-2H3. The van der Waals surface area contributed by atoms with Crippen LogP contribution in [-0.4, -0.2) is 55.0 Å². The van der Waals surface area contributed by atoms with Gasteiger partial charge in [-0.1, -0.05) is 12.1 Å². The predicted molar refractivity (Wildman–Crippen MR) is 71.4 cm³/mol. The molecule has 4 nitrogen and oxygen atoms in total. The van der Waals surface area contributed by atoms with E-state index in [-0.39, 0.29) is 6.42 Å². The van der Waals surface area contributed by atoms with Gasteiger partial charge in [0, 0.05) is 14.1 Å². The zero-order chi connectivity index (χ0) is 16.9. The van der Waals surface area contributed by atoms with Crippen molar-refractivity contribution in [3.05, 3.63) is 35.6 Å². The molecule has 2 amide bonds. The number of alkyl halides is 3. The number of carbonyl (C=O) groups is 2. The molecule has 0 fully saturated rings. The SMILES string of the molecule is CN(C)C(=O)CN(CC(F)(F)F)C(=O)Cc1ccc(F)cc1. The molecule has 0 spiro atoms. The average molecular weight is 320 g/mol. The third kappa shape index (κ3) is 6.11. The summed E-state index contributed by atoms with van der Waals surface area (Å²) in [4.78, 5) is 25.1. The zero-order valence-corrected chi connectivity index (χ0v) is 12.2. The molecule has 1 rings (SSSR count). The Balaban J connectivity index is 2.82. The first-order chi connectivity index (χ1) is 10.1. The fourth-order valence-corrected chi connectivity index (χ4v) is 1.64. The van der Waals surface area contributed by atoms with E-state index >= 15 is 0 Å². The van der Waals surface area contributed by atoms with Gasteiger partial charge in [0.1, 0.15) is 18.9 Å². The maximum absolute atomic E-state index is 12.8. The molecule has 0 N–H and O–H groups in total. The highest BCUT2D eigenvalue weighted by molar-refractivity contribution is 5.85. The maximum Gasteiger partial charge on any atom is 0.406 e. The minimum Gasteiger partial charge on any atom is -0.347 e. The van der Waals surface area contributed by atoms with Crippen LogP contribution in [0.4, 0.5) is 17.6 Å². The molecule has 8 heteroatoms. The number of benzene rings is 1. The number of likely N-dealkylation sites (N-methyl/N-ethyl adjacent to an activating group) is 1. The van der Waals surface area contributed by atoms with Gasteiger partial charge < -0.3 is 9.80 Å². The van der Waals surface area contributed by atoms with Crippen LogP contribution in [-0.2, 0) is 16.0 Å². The third-order valence-corrected chi connectivity index (χ3v) is 2.82. The van der Waals surface area contributed by atoms with E-state index in [1.807, 2.05) is 0 Å².